The molecule has 7 heteroatoms. The highest BCUT2D eigenvalue weighted by Crippen LogP contribution is 2.28. The summed E-state index contributed by atoms with van der Waals surface area (Å²) in [5, 5.41) is 0. The minimum Gasteiger partial charge on any atom is -0.398 e. The molecule has 1 saturated heterocycles. The zero-order valence-corrected chi connectivity index (χ0v) is 14.2. The van der Waals surface area contributed by atoms with E-state index < -0.39 is 10.0 Å². The summed E-state index contributed by atoms with van der Waals surface area (Å²) >= 11 is 3.32. The normalized spacial score (nSPS) is 18.9. The average Bonchev–Trinajstić information content (AvgIpc) is 2.58. The molecule has 112 valence electrons. The smallest absolute Gasteiger partial charge is 0.243 e. The number of likely N-dealkylation sites (N-methyl/N-ethyl adjacent to an activating group) is 1. The van der Waals surface area contributed by atoms with Crippen molar-refractivity contribution < 1.29 is 8.42 Å². The molecule has 0 bridgehead atoms. The molecule has 0 saturated carbocycles. The van der Waals surface area contributed by atoms with Gasteiger partial charge in [-0.3, -0.25) is 0 Å². The van der Waals surface area contributed by atoms with Crippen LogP contribution in [0.5, 0.6) is 0 Å². The van der Waals surface area contributed by atoms with E-state index in [0.29, 0.717) is 33.7 Å². The second-order valence-electron chi connectivity index (χ2n) is 5.18. The summed E-state index contributed by atoms with van der Waals surface area (Å²) in [6, 6.07) is 3.36. The van der Waals surface area contributed by atoms with Crippen LogP contribution in [0, 0.1) is 6.92 Å². The van der Waals surface area contributed by atoms with Crippen LogP contribution in [0.2, 0.25) is 0 Å². The predicted octanol–water partition coefficient (Wildman–Crippen LogP) is 1.67. The number of hydrogen-bond donors (Lipinski definition) is 1. The maximum atomic E-state index is 12.8. The van der Waals surface area contributed by atoms with E-state index in [9.17, 15) is 8.42 Å². The van der Waals surface area contributed by atoms with Gasteiger partial charge in [-0.05, 0) is 44.6 Å². The molecule has 1 fully saturated rings. The summed E-state index contributed by atoms with van der Waals surface area (Å²) in [4.78, 5) is 2.45. The SMILES string of the molecule is Cc1c(N)cc(Br)cc1S(=O)(=O)N1CCCN(C)CC1. The van der Waals surface area contributed by atoms with E-state index >= 15 is 0 Å². The number of anilines is 1. The molecule has 0 spiro atoms. The molecule has 0 radical (unpaired) electrons. The van der Waals surface area contributed by atoms with Crippen LogP contribution >= 0.6 is 15.9 Å². The second-order valence-corrected chi connectivity index (χ2v) is 8.00. The van der Waals surface area contributed by atoms with Crippen molar-refractivity contribution in [3.63, 3.8) is 0 Å². The van der Waals surface area contributed by atoms with Crippen molar-refractivity contribution in [2.75, 3.05) is 39.0 Å². The van der Waals surface area contributed by atoms with Crippen LogP contribution in [-0.2, 0) is 10.0 Å². The lowest BCUT2D eigenvalue weighted by Crippen LogP contribution is -2.35. The molecule has 0 unspecified atom stereocenters. The highest BCUT2D eigenvalue weighted by atomic mass is 79.9. The van der Waals surface area contributed by atoms with Crippen LogP contribution in [0.3, 0.4) is 0 Å². The third-order valence-electron chi connectivity index (χ3n) is 3.66. The van der Waals surface area contributed by atoms with Crippen LogP contribution in [0.15, 0.2) is 21.5 Å². The molecule has 1 aromatic carbocycles. The van der Waals surface area contributed by atoms with Crippen molar-refractivity contribution in [1.29, 1.82) is 0 Å². The molecule has 5 nitrogen and oxygen atoms in total. The first kappa shape index (κ1) is 15.8. The van der Waals surface area contributed by atoms with Crippen molar-refractivity contribution in [2.24, 2.45) is 0 Å². The summed E-state index contributed by atoms with van der Waals surface area (Å²) in [7, 11) is -1.48. The van der Waals surface area contributed by atoms with Gasteiger partial charge in [-0.15, -0.1) is 0 Å². The van der Waals surface area contributed by atoms with Crippen molar-refractivity contribution in [3.8, 4) is 0 Å². The van der Waals surface area contributed by atoms with E-state index in [0.717, 1.165) is 19.5 Å². The first-order valence-electron chi connectivity index (χ1n) is 6.56. The summed E-state index contributed by atoms with van der Waals surface area (Å²) in [5.74, 6) is 0. The summed E-state index contributed by atoms with van der Waals surface area (Å²) in [5.41, 5.74) is 6.99. The Morgan fingerprint density at radius 3 is 2.60 bits per heavy atom. The van der Waals surface area contributed by atoms with Crippen molar-refractivity contribution in [3.05, 3.63) is 22.2 Å². The maximum absolute atomic E-state index is 12.8. The van der Waals surface area contributed by atoms with E-state index in [1.165, 1.54) is 0 Å². The number of hydrogen-bond acceptors (Lipinski definition) is 4. The maximum Gasteiger partial charge on any atom is 0.243 e. The van der Waals surface area contributed by atoms with Crippen molar-refractivity contribution in [2.45, 2.75) is 18.2 Å². The van der Waals surface area contributed by atoms with Gasteiger partial charge in [-0.25, -0.2) is 8.42 Å². The topological polar surface area (TPSA) is 66.6 Å². The van der Waals surface area contributed by atoms with Crippen LogP contribution in [-0.4, -0.2) is 50.8 Å². The van der Waals surface area contributed by atoms with Gasteiger partial charge in [-0.2, -0.15) is 4.31 Å². The largest absolute Gasteiger partial charge is 0.398 e. The van der Waals surface area contributed by atoms with E-state index in [2.05, 4.69) is 20.8 Å². The molecule has 2 N–H and O–H groups in total. The number of nitrogen functional groups attached to an aromatic ring is 1. The monoisotopic (exact) mass is 361 g/mol. The van der Waals surface area contributed by atoms with Crippen LogP contribution < -0.4 is 5.73 Å². The number of nitrogens with zero attached hydrogens (tertiary/aromatic N) is 2. The molecule has 1 aliphatic rings. The number of halogens is 1. The van der Waals surface area contributed by atoms with Crippen molar-refractivity contribution in [1.82, 2.24) is 9.21 Å². The Labute approximate surface area is 128 Å². The summed E-state index contributed by atoms with van der Waals surface area (Å²) < 4.78 is 27.9. The first-order chi connectivity index (χ1) is 9.32. The zero-order chi connectivity index (χ0) is 14.9. The molecule has 0 aromatic heterocycles. The van der Waals surface area contributed by atoms with Gasteiger partial charge in [0.15, 0.2) is 0 Å². The number of rotatable bonds is 2. The Morgan fingerprint density at radius 2 is 1.90 bits per heavy atom. The molecule has 1 aliphatic heterocycles. The molecule has 0 aliphatic carbocycles. The third kappa shape index (κ3) is 3.16. The molecular formula is C13H20BrN3O2S. The Balaban J connectivity index is 2.40. The minimum atomic E-state index is -3.49. The lowest BCUT2D eigenvalue weighted by molar-refractivity contribution is 0.347. The Hall–Kier alpha value is -0.630. The van der Waals surface area contributed by atoms with Gasteiger partial charge in [0, 0.05) is 29.8 Å². The van der Waals surface area contributed by atoms with Gasteiger partial charge in [-0.1, -0.05) is 15.9 Å². The molecule has 0 amide bonds. The first-order valence-corrected chi connectivity index (χ1v) is 8.80. The molecular weight excluding hydrogens is 342 g/mol. The van der Waals surface area contributed by atoms with Gasteiger partial charge in [0.1, 0.15) is 0 Å². The van der Waals surface area contributed by atoms with Crippen molar-refractivity contribution >= 4 is 31.6 Å². The number of nitrogens with two attached hydrogens (primary N) is 1. The van der Waals surface area contributed by atoms with Gasteiger partial charge >= 0.3 is 0 Å². The van der Waals surface area contributed by atoms with Gasteiger partial charge in [0.05, 0.1) is 4.90 Å². The number of sulfonamides is 1. The highest BCUT2D eigenvalue weighted by molar-refractivity contribution is 9.10. The fourth-order valence-electron chi connectivity index (χ4n) is 2.34. The Kier molecular flexibility index (Phi) is 4.73. The second kappa shape index (κ2) is 6.01. The highest BCUT2D eigenvalue weighted by Gasteiger charge is 2.28. The fraction of sp³-hybridized carbons (Fsp3) is 0.538. The summed E-state index contributed by atoms with van der Waals surface area (Å²) in [6.07, 6.45) is 0.845. The quantitative estimate of drug-likeness (QED) is 0.813. The molecule has 1 aromatic rings. The zero-order valence-electron chi connectivity index (χ0n) is 11.8. The van der Waals surface area contributed by atoms with Gasteiger partial charge in [0.25, 0.3) is 0 Å². The van der Waals surface area contributed by atoms with E-state index in [1.807, 2.05) is 7.05 Å². The molecule has 2 rings (SSSR count). The van der Waals surface area contributed by atoms with Crippen LogP contribution in [0.25, 0.3) is 0 Å². The number of benzene rings is 1. The third-order valence-corrected chi connectivity index (χ3v) is 6.14. The van der Waals surface area contributed by atoms with Gasteiger partial charge in [0.2, 0.25) is 10.0 Å². The minimum absolute atomic E-state index is 0.300. The molecule has 1 heterocycles. The van der Waals surface area contributed by atoms with E-state index in [-0.39, 0.29) is 0 Å². The fourth-order valence-corrected chi connectivity index (χ4v) is 4.72. The van der Waals surface area contributed by atoms with E-state index in [4.69, 9.17) is 5.73 Å². The predicted molar refractivity (Wildman–Crippen MR) is 84.2 cm³/mol. The van der Waals surface area contributed by atoms with E-state index in [1.54, 1.807) is 23.4 Å². The lowest BCUT2D eigenvalue weighted by Gasteiger charge is -2.22. The van der Waals surface area contributed by atoms with Crippen LogP contribution in [0.4, 0.5) is 5.69 Å². The summed E-state index contributed by atoms with van der Waals surface area (Å²) in [6.45, 7) is 4.50. The van der Waals surface area contributed by atoms with Gasteiger partial charge < -0.3 is 10.6 Å². The Morgan fingerprint density at radius 1 is 1.20 bits per heavy atom. The van der Waals surface area contributed by atoms with Crippen LogP contribution in [0.1, 0.15) is 12.0 Å². The lowest BCUT2D eigenvalue weighted by atomic mass is 10.2. The molecule has 0 atom stereocenters. The molecule has 20 heavy (non-hydrogen) atoms. The Bertz CT molecular complexity index is 604. The standard InChI is InChI=1S/C13H20BrN3O2S/c1-10-12(15)8-11(14)9-13(10)20(18,19)17-5-3-4-16(2)6-7-17/h8-9H,3-7,15H2,1-2H3. The average molecular weight is 362 g/mol.